The van der Waals surface area contributed by atoms with Crippen LogP contribution < -0.4 is 10.1 Å². The first-order chi connectivity index (χ1) is 11.0. The quantitative estimate of drug-likeness (QED) is 0.888. The molecule has 0 aromatic heterocycles. The zero-order valence-corrected chi connectivity index (χ0v) is 12.7. The highest BCUT2D eigenvalue weighted by molar-refractivity contribution is 6.04. The highest BCUT2D eigenvalue weighted by Gasteiger charge is 2.30. The van der Waals surface area contributed by atoms with Crippen LogP contribution in [0.5, 0.6) is 5.75 Å². The number of benzene rings is 2. The maximum absolute atomic E-state index is 14.1. The van der Waals surface area contributed by atoms with Crippen LogP contribution in [0, 0.1) is 17.6 Å². The van der Waals surface area contributed by atoms with Gasteiger partial charge in [-0.3, -0.25) is 4.79 Å². The fourth-order valence-electron chi connectivity index (χ4n) is 2.38. The second kappa shape index (κ2) is 6.36. The van der Waals surface area contributed by atoms with Crippen molar-refractivity contribution >= 4 is 11.6 Å². The summed E-state index contributed by atoms with van der Waals surface area (Å²) in [5.41, 5.74) is 0.165. The minimum atomic E-state index is -0.623. The van der Waals surface area contributed by atoms with Crippen molar-refractivity contribution in [3.05, 3.63) is 59.7 Å². The van der Waals surface area contributed by atoms with Crippen molar-refractivity contribution < 1.29 is 18.3 Å². The standard InChI is InChI=1S/C18H17F2NO2/c1-11(12-6-7-12)23-17-9-8-13(10-16(17)20)21-18(22)14-4-2-3-5-15(14)19/h2-5,8-12H,6-7H2,1H3,(H,21,22). The van der Waals surface area contributed by atoms with Crippen LogP contribution in [0.3, 0.4) is 0 Å². The van der Waals surface area contributed by atoms with E-state index in [4.69, 9.17) is 4.74 Å². The average molecular weight is 317 g/mol. The summed E-state index contributed by atoms with van der Waals surface area (Å²) in [7, 11) is 0. The predicted octanol–water partition coefficient (Wildman–Crippen LogP) is 4.39. The Balaban J connectivity index is 1.70. The zero-order valence-electron chi connectivity index (χ0n) is 12.7. The van der Waals surface area contributed by atoms with Crippen LogP contribution in [0.2, 0.25) is 0 Å². The normalized spacial score (nSPS) is 15.1. The molecule has 3 nitrogen and oxygen atoms in total. The first kappa shape index (κ1) is 15.5. The lowest BCUT2D eigenvalue weighted by molar-refractivity contribution is 0.102. The molecule has 1 amide bonds. The Morgan fingerprint density at radius 1 is 1.17 bits per heavy atom. The number of anilines is 1. The number of hydrogen-bond acceptors (Lipinski definition) is 2. The van der Waals surface area contributed by atoms with Gasteiger partial charge in [0.05, 0.1) is 11.7 Å². The Morgan fingerprint density at radius 3 is 2.57 bits per heavy atom. The van der Waals surface area contributed by atoms with Crippen molar-refractivity contribution in [1.82, 2.24) is 0 Å². The number of halogens is 2. The highest BCUT2D eigenvalue weighted by Crippen LogP contribution is 2.35. The van der Waals surface area contributed by atoms with E-state index in [2.05, 4.69) is 5.32 Å². The Hall–Kier alpha value is -2.43. The molecular formula is C18H17F2NO2. The summed E-state index contributed by atoms with van der Waals surface area (Å²) in [6.07, 6.45) is 2.20. The number of carbonyl (C=O) groups excluding carboxylic acids is 1. The summed E-state index contributed by atoms with van der Waals surface area (Å²) >= 11 is 0. The van der Waals surface area contributed by atoms with Crippen molar-refractivity contribution in [3.63, 3.8) is 0 Å². The third-order valence-electron chi connectivity index (χ3n) is 3.91. The average Bonchev–Trinajstić information content (AvgIpc) is 3.35. The van der Waals surface area contributed by atoms with Gasteiger partial charge >= 0.3 is 0 Å². The lowest BCUT2D eigenvalue weighted by Gasteiger charge is -2.15. The lowest BCUT2D eigenvalue weighted by Crippen LogP contribution is -2.16. The van der Waals surface area contributed by atoms with Crippen molar-refractivity contribution in [2.45, 2.75) is 25.9 Å². The molecule has 0 bridgehead atoms. The molecule has 1 unspecified atom stereocenters. The molecule has 3 rings (SSSR count). The highest BCUT2D eigenvalue weighted by atomic mass is 19.1. The second-order valence-electron chi connectivity index (χ2n) is 5.74. The number of carbonyl (C=O) groups is 1. The van der Waals surface area contributed by atoms with Crippen molar-refractivity contribution in [3.8, 4) is 5.75 Å². The van der Waals surface area contributed by atoms with Gasteiger partial charge in [0.1, 0.15) is 5.82 Å². The molecule has 1 atom stereocenters. The first-order valence-corrected chi connectivity index (χ1v) is 7.56. The van der Waals surface area contributed by atoms with Crippen molar-refractivity contribution in [2.75, 3.05) is 5.32 Å². The molecule has 0 heterocycles. The van der Waals surface area contributed by atoms with Crippen LogP contribution in [-0.2, 0) is 0 Å². The summed E-state index contributed by atoms with van der Waals surface area (Å²) in [6, 6.07) is 9.82. The van der Waals surface area contributed by atoms with E-state index in [0.717, 1.165) is 12.8 Å². The van der Waals surface area contributed by atoms with Crippen LogP contribution in [0.25, 0.3) is 0 Å². The fourth-order valence-corrected chi connectivity index (χ4v) is 2.38. The Labute approximate surface area is 133 Å². The number of amides is 1. The molecule has 0 spiro atoms. The zero-order chi connectivity index (χ0) is 16.4. The Bertz CT molecular complexity index is 729. The maximum Gasteiger partial charge on any atom is 0.258 e. The number of rotatable bonds is 5. The maximum atomic E-state index is 14.1. The van der Waals surface area contributed by atoms with Gasteiger partial charge in [-0.25, -0.2) is 8.78 Å². The molecule has 0 aliphatic heterocycles. The summed E-state index contributed by atoms with van der Waals surface area (Å²) in [6.45, 7) is 1.92. The summed E-state index contributed by atoms with van der Waals surface area (Å²) in [5, 5.41) is 2.48. The first-order valence-electron chi connectivity index (χ1n) is 7.56. The van der Waals surface area contributed by atoms with Crippen molar-refractivity contribution in [2.24, 2.45) is 5.92 Å². The topological polar surface area (TPSA) is 38.3 Å². The molecule has 2 aromatic carbocycles. The smallest absolute Gasteiger partial charge is 0.258 e. The lowest BCUT2D eigenvalue weighted by atomic mass is 10.2. The van der Waals surface area contributed by atoms with E-state index in [1.165, 1.54) is 36.4 Å². The van der Waals surface area contributed by atoms with Gasteiger partial charge in [0.25, 0.3) is 5.91 Å². The SMILES string of the molecule is CC(Oc1ccc(NC(=O)c2ccccc2F)cc1F)C1CC1. The van der Waals surface area contributed by atoms with E-state index in [0.29, 0.717) is 5.92 Å². The van der Waals surface area contributed by atoms with Crippen LogP contribution in [0.15, 0.2) is 42.5 Å². The van der Waals surface area contributed by atoms with Crippen LogP contribution in [0.4, 0.5) is 14.5 Å². The molecule has 23 heavy (non-hydrogen) atoms. The van der Waals surface area contributed by atoms with E-state index in [1.807, 2.05) is 6.92 Å². The van der Waals surface area contributed by atoms with Gasteiger partial charge in [0.15, 0.2) is 11.6 Å². The van der Waals surface area contributed by atoms with E-state index < -0.39 is 17.5 Å². The molecule has 1 N–H and O–H groups in total. The fraction of sp³-hybridized carbons (Fsp3) is 0.278. The van der Waals surface area contributed by atoms with Gasteiger partial charge in [-0.05, 0) is 49.9 Å². The molecular weight excluding hydrogens is 300 g/mol. The molecule has 5 heteroatoms. The molecule has 1 saturated carbocycles. The molecule has 120 valence electrons. The monoisotopic (exact) mass is 317 g/mol. The van der Waals surface area contributed by atoms with Crippen molar-refractivity contribution in [1.29, 1.82) is 0 Å². The third-order valence-corrected chi connectivity index (χ3v) is 3.91. The largest absolute Gasteiger partial charge is 0.487 e. The van der Waals surface area contributed by atoms with E-state index >= 15 is 0 Å². The second-order valence-corrected chi connectivity index (χ2v) is 5.74. The van der Waals surface area contributed by atoms with E-state index in [1.54, 1.807) is 6.07 Å². The van der Waals surface area contributed by atoms with E-state index in [-0.39, 0.29) is 23.1 Å². The summed E-state index contributed by atoms with van der Waals surface area (Å²) in [5.74, 6) is -1.14. The number of nitrogens with one attached hydrogen (secondary N) is 1. The Morgan fingerprint density at radius 2 is 1.91 bits per heavy atom. The number of hydrogen-bond donors (Lipinski definition) is 1. The van der Waals surface area contributed by atoms with Gasteiger partial charge in [0.2, 0.25) is 0 Å². The molecule has 2 aromatic rings. The minimum absolute atomic E-state index is 0.0247. The molecule has 0 radical (unpaired) electrons. The number of ether oxygens (including phenoxy) is 1. The van der Waals surface area contributed by atoms with Crippen LogP contribution in [0.1, 0.15) is 30.1 Å². The summed E-state index contributed by atoms with van der Waals surface area (Å²) in [4.78, 5) is 12.0. The molecule has 0 saturated heterocycles. The minimum Gasteiger partial charge on any atom is -0.487 e. The molecule has 1 aliphatic rings. The van der Waals surface area contributed by atoms with Gasteiger partial charge in [0, 0.05) is 11.8 Å². The van der Waals surface area contributed by atoms with Gasteiger partial charge < -0.3 is 10.1 Å². The summed E-state index contributed by atoms with van der Waals surface area (Å²) < 4.78 is 33.2. The molecule has 1 aliphatic carbocycles. The van der Waals surface area contributed by atoms with Gasteiger partial charge in [-0.2, -0.15) is 0 Å². The van der Waals surface area contributed by atoms with E-state index in [9.17, 15) is 13.6 Å². The third kappa shape index (κ3) is 3.67. The Kier molecular flexibility index (Phi) is 4.28. The molecule has 1 fully saturated rings. The van der Waals surface area contributed by atoms with Crippen LogP contribution in [-0.4, -0.2) is 12.0 Å². The van der Waals surface area contributed by atoms with Gasteiger partial charge in [-0.1, -0.05) is 12.1 Å². The van der Waals surface area contributed by atoms with Crippen LogP contribution >= 0.6 is 0 Å². The predicted molar refractivity (Wildman–Crippen MR) is 83.6 cm³/mol. The van der Waals surface area contributed by atoms with Gasteiger partial charge in [-0.15, -0.1) is 0 Å².